The predicted octanol–water partition coefficient (Wildman–Crippen LogP) is 3.24. The summed E-state index contributed by atoms with van der Waals surface area (Å²) in [4.78, 5) is 43.0. The van der Waals surface area contributed by atoms with Gasteiger partial charge >= 0.3 is 10.2 Å². The Balaban J connectivity index is 1.40. The molecular formula is C28H30F2N8O4S. The second kappa shape index (κ2) is 12.0. The highest BCUT2D eigenvalue weighted by molar-refractivity contribution is 7.90. The summed E-state index contributed by atoms with van der Waals surface area (Å²) in [6.07, 6.45) is 7.67. The monoisotopic (exact) mass is 612 g/mol. The van der Waals surface area contributed by atoms with Crippen molar-refractivity contribution in [3.8, 4) is 11.1 Å². The van der Waals surface area contributed by atoms with Crippen LogP contribution in [0.1, 0.15) is 42.6 Å². The van der Waals surface area contributed by atoms with E-state index in [9.17, 15) is 22.4 Å². The van der Waals surface area contributed by atoms with Gasteiger partial charge in [0.05, 0.1) is 11.3 Å². The van der Waals surface area contributed by atoms with Gasteiger partial charge in [0.2, 0.25) is 17.6 Å². The SMILES string of the molecule is CCN(C)S(=O)(=O)Nc1ccc(F)c(C(=O)c2c[nH]c3ncc(-c4cnc(N5CCC(NC(C)=O)CC5)nc4)cc23)c1F. The van der Waals surface area contributed by atoms with E-state index in [4.69, 9.17) is 0 Å². The van der Waals surface area contributed by atoms with Crippen LogP contribution in [-0.4, -0.2) is 77.1 Å². The van der Waals surface area contributed by atoms with E-state index in [1.807, 2.05) is 4.90 Å². The van der Waals surface area contributed by atoms with E-state index < -0.39 is 38.9 Å². The molecule has 1 aliphatic heterocycles. The maximum absolute atomic E-state index is 15.4. The molecule has 43 heavy (non-hydrogen) atoms. The van der Waals surface area contributed by atoms with Crippen molar-refractivity contribution < 1.29 is 26.8 Å². The number of aromatic nitrogens is 4. The largest absolute Gasteiger partial charge is 0.353 e. The Morgan fingerprint density at radius 3 is 2.42 bits per heavy atom. The van der Waals surface area contributed by atoms with Gasteiger partial charge < -0.3 is 15.2 Å². The molecule has 5 rings (SSSR count). The first-order chi connectivity index (χ1) is 20.5. The summed E-state index contributed by atoms with van der Waals surface area (Å²) in [6, 6.07) is 3.52. The van der Waals surface area contributed by atoms with Crippen molar-refractivity contribution in [1.29, 1.82) is 0 Å². The number of ketones is 1. The summed E-state index contributed by atoms with van der Waals surface area (Å²) in [5.41, 5.74) is -0.0101. The van der Waals surface area contributed by atoms with E-state index in [1.165, 1.54) is 20.2 Å². The number of H-pyrrole nitrogens is 1. The smallest absolute Gasteiger partial charge is 0.301 e. The number of hydrogen-bond acceptors (Lipinski definition) is 8. The van der Waals surface area contributed by atoms with Gasteiger partial charge in [0.15, 0.2) is 5.82 Å². The summed E-state index contributed by atoms with van der Waals surface area (Å²) in [5, 5.41) is 3.24. The maximum Gasteiger partial charge on any atom is 0.301 e. The fourth-order valence-corrected chi connectivity index (χ4v) is 5.79. The molecule has 0 aliphatic carbocycles. The number of anilines is 2. The Labute approximate surface area is 246 Å². The fraction of sp³-hybridized carbons (Fsp3) is 0.321. The van der Waals surface area contributed by atoms with Crippen molar-refractivity contribution in [3.05, 3.63) is 65.7 Å². The Morgan fingerprint density at radius 1 is 1.09 bits per heavy atom. The standard InChI is InChI=1S/C28H30F2N8O4S/c1-4-37(3)43(41,42)36-23-6-5-22(29)24(25(23)30)26(40)21-15-32-27-20(21)11-17(12-31-27)18-13-33-28(34-14-18)38-9-7-19(8-10-38)35-16(2)39/h5-6,11-15,19,36H,4,7-10H2,1-3H3,(H,31,32)(H,35,39). The van der Waals surface area contributed by atoms with Gasteiger partial charge in [-0.15, -0.1) is 0 Å². The summed E-state index contributed by atoms with van der Waals surface area (Å²) in [6.45, 7) is 4.59. The highest BCUT2D eigenvalue weighted by atomic mass is 32.2. The highest BCUT2D eigenvalue weighted by Crippen LogP contribution is 2.30. The molecule has 1 fully saturated rings. The fourth-order valence-electron chi connectivity index (χ4n) is 4.85. The molecule has 1 saturated heterocycles. The second-order valence-corrected chi connectivity index (χ2v) is 12.0. The van der Waals surface area contributed by atoms with Crippen LogP contribution in [0.3, 0.4) is 0 Å². The summed E-state index contributed by atoms with van der Waals surface area (Å²) >= 11 is 0. The number of aromatic amines is 1. The zero-order valence-electron chi connectivity index (χ0n) is 23.7. The number of nitrogens with one attached hydrogen (secondary N) is 3. The number of rotatable bonds is 9. The third-order valence-electron chi connectivity index (χ3n) is 7.35. The molecule has 0 radical (unpaired) electrons. The molecule has 15 heteroatoms. The van der Waals surface area contributed by atoms with Gasteiger partial charge in [0, 0.05) is 86.5 Å². The van der Waals surface area contributed by atoms with Gasteiger partial charge in [-0.25, -0.2) is 23.7 Å². The topological polar surface area (TPSA) is 153 Å². The van der Waals surface area contributed by atoms with Crippen LogP contribution in [0.5, 0.6) is 0 Å². The minimum Gasteiger partial charge on any atom is -0.353 e. The number of benzene rings is 1. The van der Waals surface area contributed by atoms with Crippen LogP contribution in [-0.2, 0) is 15.0 Å². The molecule has 4 heterocycles. The molecule has 1 aliphatic rings. The Morgan fingerprint density at radius 2 is 1.77 bits per heavy atom. The summed E-state index contributed by atoms with van der Waals surface area (Å²) in [5.74, 6) is -2.97. The van der Waals surface area contributed by atoms with Crippen LogP contribution in [0.25, 0.3) is 22.2 Å². The van der Waals surface area contributed by atoms with Crippen LogP contribution >= 0.6 is 0 Å². The van der Waals surface area contributed by atoms with Crippen molar-refractivity contribution in [3.63, 3.8) is 0 Å². The molecule has 0 spiro atoms. The second-order valence-electron chi connectivity index (χ2n) is 10.2. The van der Waals surface area contributed by atoms with E-state index in [0.717, 1.165) is 29.3 Å². The summed E-state index contributed by atoms with van der Waals surface area (Å²) in [7, 11) is -2.83. The Kier molecular flexibility index (Phi) is 8.37. The van der Waals surface area contributed by atoms with Crippen LogP contribution in [0.4, 0.5) is 20.4 Å². The zero-order valence-corrected chi connectivity index (χ0v) is 24.5. The number of nitrogens with zero attached hydrogens (tertiary/aromatic N) is 5. The van der Waals surface area contributed by atoms with Crippen molar-refractivity contribution >= 4 is 44.6 Å². The third-order valence-corrected chi connectivity index (χ3v) is 8.90. The lowest BCUT2D eigenvalue weighted by Crippen LogP contribution is -2.44. The number of fused-ring (bicyclic) bond motifs is 1. The quantitative estimate of drug-likeness (QED) is 0.244. The molecule has 4 aromatic rings. The van der Waals surface area contributed by atoms with Crippen LogP contribution < -0.4 is 14.9 Å². The molecule has 3 N–H and O–H groups in total. The molecular weight excluding hydrogens is 582 g/mol. The number of pyridine rings is 1. The molecule has 226 valence electrons. The van der Waals surface area contributed by atoms with Gasteiger partial charge in [0.25, 0.3) is 0 Å². The lowest BCUT2D eigenvalue weighted by molar-refractivity contribution is -0.119. The van der Waals surface area contributed by atoms with Crippen LogP contribution in [0.15, 0.2) is 43.0 Å². The number of amides is 1. The zero-order chi connectivity index (χ0) is 30.9. The number of piperidine rings is 1. The van der Waals surface area contributed by atoms with Gasteiger partial charge in [-0.2, -0.15) is 12.7 Å². The predicted molar refractivity (Wildman–Crippen MR) is 157 cm³/mol. The molecule has 0 atom stereocenters. The molecule has 1 aromatic carbocycles. The van der Waals surface area contributed by atoms with E-state index >= 15 is 4.39 Å². The number of hydrogen-bond donors (Lipinski definition) is 3. The lowest BCUT2D eigenvalue weighted by Gasteiger charge is -2.32. The Bertz CT molecular complexity index is 1790. The third kappa shape index (κ3) is 6.17. The van der Waals surface area contributed by atoms with Crippen molar-refractivity contribution in [2.24, 2.45) is 0 Å². The van der Waals surface area contributed by atoms with Gasteiger partial charge in [-0.1, -0.05) is 6.92 Å². The minimum absolute atomic E-state index is 0.0487. The van der Waals surface area contributed by atoms with Gasteiger partial charge in [0.1, 0.15) is 11.5 Å². The number of carbonyl (C=O) groups excluding carboxylic acids is 2. The van der Waals surface area contributed by atoms with Crippen LogP contribution in [0.2, 0.25) is 0 Å². The molecule has 0 bridgehead atoms. The van der Waals surface area contributed by atoms with E-state index in [1.54, 1.807) is 31.6 Å². The average Bonchev–Trinajstić information content (AvgIpc) is 3.42. The molecule has 3 aromatic heterocycles. The van der Waals surface area contributed by atoms with E-state index in [-0.39, 0.29) is 24.1 Å². The first-order valence-electron chi connectivity index (χ1n) is 13.6. The first-order valence-corrected chi connectivity index (χ1v) is 15.0. The first kappa shape index (κ1) is 30.0. The average molecular weight is 613 g/mol. The minimum atomic E-state index is -4.12. The van der Waals surface area contributed by atoms with Crippen LogP contribution in [0, 0.1) is 11.6 Å². The summed E-state index contributed by atoms with van der Waals surface area (Å²) < 4.78 is 58.1. The normalized spacial score (nSPS) is 14.3. The molecule has 1 amide bonds. The highest BCUT2D eigenvalue weighted by Gasteiger charge is 2.27. The maximum atomic E-state index is 15.4. The number of carbonyl (C=O) groups is 2. The number of halogens is 2. The van der Waals surface area contributed by atoms with E-state index in [2.05, 4.69) is 30.0 Å². The molecule has 12 nitrogen and oxygen atoms in total. The van der Waals surface area contributed by atoms with Gasteiger partial charge in [-0.05, 0) is 31.0 Å². The van der Waals surface area contributed by atoms with Crippen molar-refractivity contribution in [1.82, 2.24) is 29.6 Å². The van der Waals surface area contributed by atoms with Crippen molar-refractivity contribution in [2.75, 3.05) is 36.3 Å². The van der Waals surface area contributed by atoms with E-state index in [0.29, 0.717) is 41.2 Å². The molecule has 0 saturated carbocycles. The van der Waals surface area contributed by atoms with Crippen molar-refractivity contribution in [2.45, 2.75) is 32.7 Å². The Hall–Kier alpha value is -4.50. The lowest BCUT2D eigenvalue weighted by atomic mass is 10.0. The molecule has 0 unspecified atom stereocenters. The van der Waals surface area contributed by atoms with Gasteiger partial charge in [-0.3, -0.25) is 14.3 Å².